The highest BCUT2D eigenvalue weighted by Crippen LogP contribution is 2.40. The third-order valence-electron chi connectivity index (χ3n) is 4.55. The maximum Gasteiger partial charge on any atom is 0.334 e. The minimum Gasteiger partial charge on any atom is -0.481 e. The van der Waals surface area contributed by atoms with Gasteiger partial charge in [0, 0.05) is 5.57 Å². The van der Waals surface area contributed by atoms with E-state index in [4.69, 9.17) is 4.74 Å². The second kappa shape index (κ2) is 6.95. The Morgan fingerprint density at radius 3 is 2.55 bits per heavy atom. The van der Waals surface area contributed by atoms with Gasteiger partial charge >= 0.3 is 11.9 Å². The molecule has 2 atom stereocenters. The summed E-state index contributed by atoms with van der Waals surface area (Å²) in [6, 6.07) is 0. The van der Waals surface area contributed by atoms with Crippen molar-refractivity contribution in [1.29, 1.82) is 0 Å². The van der Waals surface area contributed by atoms with Gasteiger partial charge in [0.05, 0.1) is 0 Å². The van der Waals surface area contributed by atoms with E-state index in [2.05, 4.69) is 6.58 Å². The Balaban J connectivity index is 2.27. The number of hydrogen-bond donors (Lipinski definition) is 1. The molecular formula is C18H24O4. The number of rotatable bonds is 5. The van der Waals surface area contributed by atoms with Crippen LogP contribution >= 0.6 is 0 Å². The van der Waals surface area contributed by atoms with Crippen molar-refractivity contribution in [1.82, 2.24) is 0 Å². The van der Waals surface area contributed by atoms with Gasteiger partial charge in [-0.25, -0.2) is 4.79 Å². The van der Waals surface area contributed by atoms with Gasteiger partial charge in [0.1, 0.15) is 11.5 Å². The molecule has 1 N–H and O–H groups in total. The molecule has 0 aromatic carbocycles. The van der Waals surface area contributed by atoms with Gasteiger partial charge in [-0.3, -0.25) is 4.79 Å². The molecule has 0 aromatic rings. The van der Waals surface area contributed by atoms with Crippen LogP contribution in [0.4, 0.5) is 0 Å². The van der Waals surface area contributed by atoms with Gasteiger partial charge in [-0.1, -0.05) is 56.9 Å². The number of carboxylic acids is 1. The fourth-order valence-corrected chi connectivity index (χ4v) is 3.39. The Labute approximate surface area is 131 Å². The number of esters is 1. The topological polar surface area (TPSA) is 63.6 Å². The molecule has 4 heteroatoms. The third kappa shape index (κ3) is 3.67. The lowest BCUT2D eigenvalue weighted by Crippen LogP contribution is -2.46. The number of aliphatic carboxylic acids is 1. The van der Waals surface area contributed by atoms with Crippen molar-refractivity contribution in [3.05, 3.63) is 36.5 Å². The lowest BCUT2D eigenvalue weighted by molar-refractivity contribution is -0.163. The maximum atomic E-state index is 12.1. The van der Waals surface area contributed by atoms with E-state index in [0.29, 0.717) is 12.3 Å². The first-order valence-corrected chi connectivity index (χ1v) is 7.92. The van der Waals surface area contributed by atoms with Gasteiger partial charge in [0.2, 0.25) is 0 Å². The molecule has 22 heavy (non-hydrogen) atoms. The van der Waals surface area contributed by atoms with Crippen LogP contribution in [0, 0.1) is 11.8 Å². The highest BCUT2D eigenvalue weighted by Gasteiger charge is 2.46. The summed E-state index contributed by atoms with van der Waals surface area (Å²) < 4.78 is 5.66. The lowest BCUT2D eigenvalue weighted by Gasteiger charge is -2.39. The summed E-state index contributed by atoms with van der Waals surface area (Å²) in [5.74, 6) is -1.94. The second-order valence-corrected chi connectivity index (χ2v) is 6.39. The summed E-state index contributed by atoms with van der Waals surface area (Å²) in [5, 5.41) is 9.56. The molecule has 0 aliphatic heterocycles. The Hall–Kier alpha value is -1.84. The predicted octanol–water partition coefficient (Wildman–Crippen LogP) is 3.64. The zero-order chi connectivity index (χ0) is 16.2. The van der Waals surface area contributed by atoms with Crippen LogP contribution in [0.2, 0.25) is 0 Å². The fourth-order valence-electron chi connectivity index (χ4n) is 3.39. The number of carboxylic acid groups (broad SMARTS) is 1. The van der Waals surface area contributed by atoms with Crippen molar-refractivity contribution in [2.75, 3.05) is 0 Å². The summed E-state index contributed by atoms with van der Waals surface area (Å²) in [5.41, 5.74) is -0.811. The van der Waals surface area contributed by atoms with Crippen LogP contribution in [0.25, 0.3) is 0 Å². The Morgan fingerprint density at radius 2 is 1.95 bits per heavy atom. The van der Waals surface area contributed by atoms with Crippen LogP contribution in [0.3, 0.4) is 0 Å². The maximum absolute atomic E-state index is 12.1. The monoisotopic (exact) mass is 304 g/mol. The van der Waals surface area contributed by atoms with Gasteiger partial charge in [0.25, 0.3) is 0 Å². The normalized spacial score (nSPS) is 28.3. The molecule has 0 heterocycles. The molecule has 2 unspecified atom stereocenters. The molecule has 2 aliphatic carbocycles. The number of allylic oxidation sites excluding steroid dienone is 2. The smallest absolute Gasteiger partial charge is 0.334 e. The number of hydrogen-bond acceptors (Lipinski definition) is 3. The van der Waals surface area contributed by atoms with Crippen LogP contribution in [-0.4, -0.2) is 22.6 Å². The fraction of sp³-hybridized carbons (Fsp3) is 0.556. The first-order chi connectivity index (χ1) is 10.4. The highest BCUT2D eigenvalue weighted by molar-refractivity contribution is 5.88. The van der Waals surface area contributed by atoms with Gasteiger partial charge in [-0.05, 0) is 25.3 Å². The van der Waals surface area contributed by atoms with Crippen molar-refractivity contribution >= 4 is 11.9 Å². The average Bonchev–Trinajstić information content (AvgIpc) is 2.48. The Morgan fingerprint density at radius 1 is 1.27 bits per heavy atom. The summed E-state index contributed by atoms with van der Waals surface area (Å²) in [6.45, 7) is 5.18. The van der Waals surface area contributed by atoms with Crippen LogP contribution in [-0.2, 0) is 14.3 Å². The molecule has 1 saturated carbocycles. The largest absolute Gasteiger partial charge is 0.481 e. The van der Waals surface area contributed by atoms with Crippen molar-refractivity contribution in [2.24, 2.45) is 11.8 Å². The molecular weight excluding hydrogens is 280 g/mol. The summed E-state index contributed by atoms with van der Waals surface area (Å²) >= 11 is 0. The number of ether oxygens (including phenoxy) is 1. The Bertz CT molecular complexity index is 511. The number of carbonyl (C=O) groups is 2. The summed E-state index contributed by atoms with van der Waals surface area (Å²) in [6.07, 6.45) is 13.1. The average molecular weight is 304 g/mol. The van der Waals surface area contributed by atoms with Gasteiger partial charge in [-0.15, -0.1) is 0 Å². The van der Waals surface area contributed by atoms with Gasteiger partial charge in [0.15, 0.2) is 0 Å². The Kier molecular flexibility index (Phi) is 5.22. The van der Waals surface area contributed by atoms with E-state index in [1.54, 1.807) is 31.2 Å². The van der Waals surface area contributed by atoms with E-state index in [1.807, 2.05) is 0 Å². The summed E-state index contributed by atoms with van der Waals surface area (Å²) in [7, 11) is 0. The highest BCUT2D eigenvalue weighted by atomic mass is 16.6. The quantitative estimate of drug-likeness (QED) is 0.622. The standard InChI is InChI=1S/C18H24O4/c1-13(2)17(21)22-18(12-14-8-4-3-5-9-14)11-7-6-10-15(18)16(19)20/h6-7,10-11,14-15H,1,3-5,8-9,12H2,2H3,(H,19,20). The molecule has 0 aromatic heterocycles. The molecule has 1 fully saturated rings. The molecule has 4 nitrogen and oxygen atoms in total. The molecule has 0 spiro atoms. The minimum atomic E-state index is -1.10. The van der Waals surface area contributed by atoms with E-state index in [1.165, 1.54) is 6.42 Å². The molecule has 0 bridgehead atoms. The van der Waals surface area contributed by atoms with E-state index >= 15 is 0 Å². The van der Waals surface area contributed by atoms with E-state index in [0.717, 1.165) is 25.7 Å². The SMILES string of the molecule is C=C(C)C(=O)OC1(CC2CCCCC2)C=CC=CC1C(=O)O. The van der Waals surface area contributed by atoms with Crippen molar-refractivity contribution < 1.29 is 19.4 Å². The van der Waals surface area contributed by atoms with Gasteiger partial charge < -0.3 is 9.84 Å². The summed E-state index contributed by atoms with van der Waals surface area (Å²) in [4.78, 5) is 23.7. The molecule has 2 aliphatic rings. The zero-order valence-electron chi connectivity index (χ0n) is 13.1. The molecule has 0 radical (unpaired) electrons. The third-order valence-corrected chi connectivity index (χ3v) is 4.55. The van der Waals surface area contributed by atoms with E-state index in [-0.39, 0.29) is 5.57 Å². The molecule has 120 valence electrons. The van der Waals surface area contributed by atoms with Gasteiger partial charge in [-0.2, -0.15) is 0 Å². The second-order valence-electron chi connectivity index (χ2n) is 6.39. The van der Waals surface area contributed by atoms with E-state index < -0.39 is 23.5 Å². The van der Waals surface area contributed by atoms with Crippen LogP contribution in [0.15, 0.2) is 36.5 Å². The van der Waals surface area contributed by atoms with Crippen molar-refractivity contribution in [3.63, 3.8) is 0 Å². The zero-order valence-corrected chi connectivity index (χ0v) is 13.1. The van der Waals surface area contributed by atoms with Crippen LogP contribution < -0.4 is 0 Å². The van der Waals surface area contributed by atoms with Crippen LogP contribution in [0.5, 0.6) is 0 Å². The first kappa shape index (κ1) is 16.5. The lowest BCUT2D eigenvalue weighted by atomic mass is 9.73. The first-order valence-electron chi connectivity index (χ1n) is 7.92. The number of carbonyl (C=O) groups excluding carboxylic acids is 1. The van der Waals surface area contributed by atoms with Crippen molar-refractivity contribution in [2.45, 2.75) is 51.0 Å². The minimum absolute atomic E-state index is 0.287. The van der Waals surface area contributed by atoms with E-state index in [9.17, 15) is 14.7 Å². The van der Waals surface area contributed by atoms with Crippen molar-refractivity contribution in [3.8, 4) is 0 Å². The molecule has 0 saturated heterocycles. The molecule has 2 rings (SSSR count). The predicted molar refractivity (Wildman–Crippen MR) is 84.2 cm³/mol. The van der Waals surface area contributed by atoms with Crippen LogP contribution in [0.1, 0.15) is 45.4 Å². The molecule has 0 amide bonds.